The van der Waals surface area contributed by atoms with E-state index in [2.05, 4.69) is 0 Å². The van der Waals surface area contributed by atoms with Gasteiger partial charge in [0, 0.05) is 109 Å². The predicted molar refractivity (Wildman–Crippen MR) is 37.6 cm³/mol. The summed E-state index contributed by atoms with van der Waals surface area (Å²) in [5, 5.41) is 0. The van der Waals surface area contributed by atoms with E-state index < -0.39 is 7.94 Å². The molecule has 0 aliphatic carbocycles. The monoisotopic (exact) mass is 643 g/mol. The van der Waals surface area contributed by atoms with Crippen molar-refractivity contribution in [3.8, 4) is 0 Å². The molecule has 14 heavy (non-hydrogen) atoms. The third-order valence-electron chi connectivity index (χ3n) is 0. The minimum Gasteiger partial charge on any atom is -0.412 e. The second-order valence-corrected chi connectivity index (χ2v) is 2.60. The summed E-state index contributed by atoms with van der Waals surface area (Å²) in [6.07, 6.45) is 0. The normalized spacial score (nSPS) is 4.29. The van der Waals surface area contributed by atoms with Gasteiger partial charge in [-0.2, -0.15) is 14.7 Å². The molecule has 0 aliphatic heterocycles. The Balaban J connectivity index is -0.00000000222. The van der Waals surface area contributed by atoms with E-state index >= 15 is 0 Å². The first kappa shape index (κ1) is 82.6. The minimum absolute atomic E-state index is 0. The van der Waals surface area contributed by atoms with E-state index in [1.165, 1.54) is 0 Å². The van der Waals surface area contributed by atoms with Crippen molar-refractivity contribution in [1.29, 1.82) is 0 Å². The molecule has 0 aromatic rings. The predicted octanol–water partition coefficient (Wildman–Crippen LogP) is -4.78. The number of rotatable bonds is 0. The van der Waals surface area contributed by atoms with Crippen LogP contribution < -0.4 is 0 Å². The molecule has 0 saturated carbocycles. The van der Waals surface area contributed by atoms with Gasteiger partial charge in [0.2, 0.25) is 0 Å². The summed E-state index contributed by atoms with van der Waals surface area (Å²) in [4.78, 5) is 23.2. The molecule has 0 amide bonds. The molecule has 0 aliphatic rings. The smallest absolute Gasteiger partial charge is 0.400 e. The first-order valence-electron chi connectivity index (χ1n) is 1.05. The fourth-order valence-corrected chi connectivity index (χ4v) is 0. The largest absolute Gasteiger partial charge is 0.412 e. The Morgan fingerprint density at radius 1 is 0.571 bits per heavy atom. The van der Waals surface area contributed by atoms with Gasteiger partial charge in [-0.1, -0.05) is 0 Å². The summed E-state index contributed by atoms with van der Waals surface area (Å²) in [5.41, 5.74) is 0. The van der Waals surface area contributed by atoms with E-state index in [1.807, 2.05) is 0 Å². The summed E-state index contributed by atoms with van der Waals surface area (Å²) in [6.45, 7) is 0.965. The van der Waals surface area contributed by atoms with Crippen molar-refractivity contribution in [2.75, 3.05) is 6.66 Å². The minimum atomic E-state index is -3.39. The molecule has 0 rings (SSSR count). The van der Waals surface area contributed by atoms with Gasteiger partial charge < -0.3 is 27.4 Å². The summed E-state index contributed by atoms with van der Waals surface area (Å²) in [6, 6.07) is 0. The van der Waals surface area contributed by atoms with E-state index in [9.17, 15) is 0 Å². The Labute approximate surface area is 163 Å². The van der Waals surface area contributed by atoms with Crippen LogP contribution in [-0.2, 0) is 109 Å². The zero-order chi connectivity index (χ0) is 4.50. The zero-order valence-corrected chi connectivity index (χ0v) is 25.2. The molecule has 13 N–H and O–H groups in total. The first-order chi connectivity index (χ1) is 2.00. The average molecular weight is 637 g/mol. The molecule has 8 nitrogen and oxygen atoms in total. The van der Waals surface area contributed by atoms with Crippen molar-refractivity contribution in [2.45, 2.75) is 0 Å². The first-order valence-corrected chi connectivity index (χ1v) is 3.14. The van der Waals surface area contributed by atoms with Crippen molar-refractivity contribution in [2.24, 2.45) is 0 Å². The molecule has 13 heteroatoms. The van der Waals surface area contributed by atoms with Crippen LogP contribution in [0.25, 0.3) is 0 Å². The maximum atomic E-state index is 7.74. The SMILES string of the molecule is C[P+](O)(O)O.O.O.O.O.O.[Cd].[Cd].[Cd].[Cd]. The second kappa shape index (κ2) is 43.7. The second-order valence-electron chi connectivity index (χ2n) is 0.868. The van der Waals surface area contributed by atoms with Crippen LogP contribution in [0.4, 0.5) is 0 Å². The van der Waals surface area contributed by atoms with Gasteiger partial charge in [0.25, 0.3) is 0 Å². The van der Waals surface area contributed by atoms with Crippen LogP contribution in [0.2, 0.25) is 0 Å². The molecular weight excluding hydrogens is 621 g/mol. The molecule has 0 fully saturated rings. The molecular formula is CH16Cd4O8P+. The quantitative estimate of drug-likeness (QED) is 0.176. The summed E-state index contributed by atoms with van der Waals surface area (Å²) in [7, 11) is -3.39. The van der Waals surface area contributed by atoms with Crippen molar-refractivity contribution < 1.29 is 151 Å². The molecule has 0 heterocycles. The summed E-state index contributed by atoms with van der Waals surface area (Å²) in [5.74, 6) is 0. The average Bonchev–Trinajstić information content (AvgIpc) is 0.722. The van der Waals surface area contributed by atoms with Gasteiger partial charge in [-0.25, -0.2) is 0 Å². The van der Waals surface area contributed by atoms with Crippen LogP contribution in [0.15, 0.2) is 0 Å². The Hall–Kier alpha value is 3.80. The van der Waals surface area contributed by atoms with Gasteiger partial charge >= 0.3 is 7.94 Å². The van der Waals surface area contributed by atoms with Crippen molar-refractivity contribution in [3.63, 3.8) is 0 Å². The van der Waals surface area contributed by atoms with E-state index in [-0.39, 0.29) is 137 Å². The van der Waals surface area contributed by atoms with Crippen LogP contribution in [0.5, 0.6) is 0 Å². The van der Waals surface area contributed by atoms with Gasteiger partial charge in [-0.05, 0) is 0 Å². The van der Waals surface area contributed by atoms with Gasteiger partial charge in [0.05, 0.1) is 0 Å². The maximum Gasteiger partial charge on any atom is 0.400 e. The van der Waals surface area contributed by atoms with Gasteiger partial charge in [-0.3, -0.25) is 0 Å². The Bertz CT molecular complexity index is 36.8. The summed E-state index contributed by atoms with van der Waals surface area (Å²) >= 11 is 0. The molecule has 0 aromatic carbocycles. The van der Waals surface area contributed by atoms with Crippen LogP contribution in [0.1, 0.15) is 0 Å². The van der Waals surface area contributed by atoms with Gasteiger partial charge in [-0.15, -0.1) is 0 Å². The van der Waals surface area contributed by atoms with E-state index in [0.29, 0.717) is 0 Å². The van der Waals surface area contributed by atoms with Gasteiger partial charge in [0.1, 0.15) is 6.66 Å². The van der Waals surface area contributed by atoms with Crippen molar-refractivity contribution >= 4 is 7.94 Å². The molecule has 0 radical (unpaired) electrons. The summed E-state index contributed by atoms with van der Waals surface area (Å²) < 4.78 is 0. The third kappa shape index (κ3) is 240. The van der Waals surface area contributed by atoms with Crippen molar-refractivity contribution in [1.82, 2.24) is 0 Å². The van der Waals surface area contributed by atoms with Crippen LogP contribution in [0.3, 0.4) is 0 Å². The number of hydrogen-bond donors (Lipinski definition) is 3. The Morgan fingerprint density at radius 3 is 0.571 bits per heavy atom. The van der Waals surface area contributed by atoms with E-state index in [0.717, 1.165) is 6.66 Å². The topological polar surface area (TPSA) is 218 Å². The molecule has 0 bridgehead atoms. The van der Waals surface area contributed by atoms with Crippen LogP contribution in [-0.4, -0.2) is 48.7 Å². The maximum absolute atomic E-state index is 7.74. The fourth-order valence-electron chi connectivity index (χ4n) is 0. The fraction of sp³-hybridized carbons (Fsp3) is 1.00. The molecule has 0 spiro atoms. The molecule has 0 saturated heterocycles. The Kier molecular flexibility index (Phi) is 258. The molecule has 0 unspecified atom stereocenters. The van der Waals surface area contributed by atoms with E-state index in [4.69, 9.17) is 14.7 Å². The number of hydrogen-bond acceptors (Lipinski definition) is 3. The standard InChI is InChI=1S/CH6O3P.4Cd.5H2O/c1-5(2,3)4;;;;;;;;;/h2-4H,1H3;;;;;5*1H2/q+1;;;;;;;;;. The van der Waals surface area contributed by atoms with Crippen LogP contribution in [0, 0.1) is 0 Å². The molecule has 80 valence electrons. The third-order valence-corrected chi connectivity index (χ3v) is 0. The zero-order valence-electron chi connectivity index (χ0n) is 8.12. The van der Waals surface area contributed by atoms with E-state index in [1.54, 1.807) is 0 Å². The molecule has 0 aromatic heterocycles. The van der Waals surface area contributed by atoms with Gasteiger partial charge in [0.15, 0.2) is 0 Å². The van der Waals surface area contributed by atoms with Crippen LogP contribution >= 0.6 is 7.94 Å². The Morgan fingerprint density at radius 2 is 0.571 bits per heavy atom. The molecule has 0 atom stereocenters. The van der Waals surface area contributed by atoms with Crippen molar-refractivity contribution in [3.05, 3.63) is 0 Å².